The molecular formula is C23H50BNaS. The van der Waals surface area contributed by atoms with E-state index in [2.05, 4.69) is 21.7 Å². The van der Waals surface area contributed by atoms with E-state index in [9.17, 15) is 0 Å². The molecule has 152 valence electrons. The van der Waals surface area contributed by atoms with Gasteiger partial charge in [0, 0.05) is 0 Å². The summed E-state index contributed by atoms with van der Waals surface area (Å²) in [4.78, 5) is 0. The summed E-state index contributed by atoms with van der Waals surface area (Å²) in [6.07, 6.45) is 28.5. The third kappa shape index (κ3) is 36.3. The van der Waals surface area contributed by atoms with Crippen molar-refractivity contribution in [1.29, 1.82) is 0 Å². The predicted octanol–water partition coefficient (Wildman–Crippen LogP) is 5.03. The zero-order valence-corrected chi connectivity index (χ0v) is 22.1. The summed E-state index contributed by atoms with van der Waals surface area (Å²) in [5.41, 5.74) is 0. The zero-order valence-electron chi connectivity index (χ0n) is 19.3. The second-order valence-corrected chi connectivity index (χ2v) is 8.12. The van der Waals surface area contributed by atoms with E-state index in [1.807, 2.05) is 0 Å². The van der Waals surface area contributed by atoms with E-state index in [4.69, 9.17) is 12.6 Å². The van der Waals surface area contributed by atoms with Crippen molar-refractivity contribution in [2.24, 2.45) is 0 Å². The van der Waals surface area contributed by atoms with Crippen molar-refractivity contribution >= 4 is 20.5 Å². The van der Waals surface area contributed by atoms with Crippen molar-refractivity contribution in [3.63, 3.8) is 0 Å². The molecule has 0 radical (unpaired) electrons. The van der Waals surface area contributed by atoms with Crippen LogP contribution in [-0.2, 0) is 12.6 Å². The minimum Gasteiger partial charge on any atom is -0.793 e. The Morgan fingerprint density at radius 2 is 0.731 bits per heavy atom. The third-order valence-corrected chi connectivity index (χ3v) is 5.24. The van der Waals surface area contributed by atoms with E-state index in [-0.39, 0.29) is 29.6 Å². The van der Waals surface area contributed by atoms with Gasteiger partial charge in [-0.1, -0.05) is 142 Å². The maximum Gasteiger partial charge on any atom is 1.00 e. The van der Waals surface area contributed by atoms with Crippen LogP contribution in [0.2, 0.25) is 6.32 Å². The second-order valence-electron chi connectivity index (χ2n) is 7.71. The fraction of sp³-hybridized carbons (Fsp3) is 1.00. The Bertz CT molecular complexity index is 183. The fourth-order valence-electron chi connectivity index (χ4n) is 3.15. The Labute approximate surface area is 196 Å². The minimum absolute atomic E-state index is 0. The molecule has 0 spiro atoms. The predicted molar refractivity (Wildman–Crippen MR) is 125 cm³/mol. The summed E-state index contributed by atoms with van der Waals surface area (Å²) in [5, 5.41) is 0. The van der Waals surface area contributed by atoms with Crippen LogP contribution in [0.3, 0.4) is 0 Å². The summed E-state index contributed by atoms with van der Waals surface area (Å²) in [7, 11) is 2.28. The van der Waals surface area contributed by atoms with Gasteiger partial charge in [-0.3, -0.25) is 0 Å². The van der Waals surface area contributed by atoms with E-state index in [0.717, 1.165) is 5.75 Å². The molecule has 26 heavy (non-hydrogen) atoms. The van der Waals surface area contributed by atoms with Crippen molar-refractivity contribution in [3.05, 3.63) is 0 Å². The molecule has 0 nitrogen and oxygen atoms in total. The molecule has 0 amide bonds. The van der Waals surface area contributed by atoms with Crippen LogP contribution >= 0.6 is 0 Å². The van der Waals surface area contributed by atoms with Crippen molar-refractivity contribution < 1.29 is 29.6 Å². The van der Waals surface area contributed by atoms with E-state index in [0.29, 0.717) is 0 Å². The average molecular weight is 393 g/mol. The molecule has 0 aliphatic rings. The molecule has 0 rings (SSSR count). The zero-order chi connectivity index (χ0) is 18.8. The first-order chi connectivity index (χ1) is 12.3. The first-order valence-electron chi connectivity index (χ1n) is 11.9. The Morgan fingerprint density at radius 3 is 1.00 bits per heavy atom. The van der Waals surface area contributed by atoms with Gasteiger partial charge >= 0.3 is 29.6 Å². The van der Waals surface area contributed by atoms with Crippen LogP contribution in [0.5, 0.6) is 0 Å². The number of hydrogen-bond donors (Lipinski definition) is 0. The molecule has 0 bridgehead atoms. The van der Waals surface area contributed by atoms with Crippen molar-refractivity contribution in [3.8, 4) is 0 Å². The molecule has 0 fully saturated rings. The summed E-state index contributed by atoms with van der Waals surface area (Å²) in [6, 6.07) is 0. The topological polar surface area (TPSA) is 0 Å². The van der Waals surface area contributed by atoms with Crippen LogP contribution < -0.4 is 29.6 Å². The Kier molecular flexibility index (Phi) is 41.9. The monoisotopic (exact) mass is 392 g/mol. The molecule has 0 saturated heterocycles. The molecule has 0 aliphatic carbocycles. The van der Waals surface area contributed by atoms with Gasteiger partial charge in [-0.05, 0) is 0 Å². The van der Waals surface area contributed by atoms with Crippen LogP contribution in [0.4, 0.5) is 0 Å². The van der Waals surface area contributed by atoms with E-state index >= 15 is 0 Å². The van der Waals surface area contributed by atoms with E-state index in [1.165, 1.54) is 128 Å². The largest absolute Gasteiger partial charge is 1.00 e. The molecule has 0 unspecified atom stereocenters. The van der Waals surface area contributed by atoms with Crippen molar-refractivity contribution in [2.45, 2.75) is 142 Å². The van der Waals surface area contributed by atoms with Gasteiger partial charge in [-0.2, -0.15) is 5.75 Å². The maximum atomic E-state index is 4.89. The van der Waals surface area contributed by atoms with Crippen LogP contribution in [0.15, 0.2) is 0 Å². The normalized spacial score (nSPS) is 10.1. The molecule has 0 aromatic rings. The van der Waals surface area contributed by atoms with Gasteiger partial charge in [0.1, 0.15) is 7.85 Å². The molecule has 0 saturated carbocycles. The van der Waals surface area contributed by atoms with Crippen LogP contribution in [0, 0.1) is 0 Å². The smallest absolute Gasteiger partial charge is 0.793 e. The molecule has 0 atom stereocenters. The van der Waals surface area contributed by atoms with Crippen LogP contribution in [0.1, 0.15) is 136 Å². The summed E-state index contributed by atoms with van der Waals surface area (Å²) < 4.78 is 0. The number of rotatable bonds is 19. The van der Waals surface area contributed by atoms with Gasteiger partial charge in [0.05, 0.1) is 0 Å². The molecule has 0 aromatic carbocycles. The number of hydrogen-bond acceptors (Lipinski definition) is 1. The SMILES string of the molecule is BCCCCCCCCCCCC.CCCCCCCCCCC[S-].[Na+]. The van der Waals surface area contributed by atoms with Gasteiger partial charge in [0.25, 0.3) is 0 Å². The Balaban J connectivity index is -0.000000393. The molecule has 0 aliphatic heterocycles. The van der Waals surface area contributed by atoms with Gasteiger partial charge in [0.15, 0.2) is 0 Å². The molecule has 3 heteroatoms. The van der Waals surface area contributed by atoms with E-state index in [1.54, 1.807) is 0 Å². The van der Waals surface area contributed by atoms with Crippen LogP contribution in [0.25, 0.3) is 0 Å². The second kappa shape index (κ2) is 34.0. The van der Waals surface area contributed by atoms with E-state index < -0.39 is 0 Å². The van der Waals surface area contributed by atoms with Gasteiger partial charge in [-0.25, -0.2) is 0 Å². The summed E-state index contributed by atoms with van der Waals surface area (Å²) in [6.45, 7) is 4.55. The third-order valence-electron chi connectivity index (χ3n) is 4.95. The van der Waals surface area contributed by atoms with Crippen molar-refractivity contribution in [2.75, 3.05) is 5.75 Å². The van der Waals surface area contributed by atoms with Gasteiger partial charge in [0.2, 0.25) is 0 Å². The van der Waals surface area contributed by atoms with Gasteiger partial charge < -0.3 is 12.6 Å². The van der Waals surface area contributed by atoms with Crippen LogP contribution in [-0.4, -0.2) is 13.6 Å². The molecule has 0 N–H and O–H groups in total. The minimum atomic E-state index is 0. The first-order valence-corrected chi connectivity index (χ1v) is 12.5. The van der Waals surface area contributed by atoms with Crippen molar-refractivity contribution in [1.82, 2.24) is 0 Å². The molecular weight excluding hydrogens is 342 g/mol. The summed E-state index contributed by atoms with van der Waals surface area (Å²) >= 11 is 4.89. The fourth-order valence-corrected chi connectivity index (χ4v) is 3.35. The quantitative estimate of drug-likeness (QED) is 0.169. The molecule has 0 aromatic heterocycles. The Morgan fingerprint density at radius 1 is 0.462 bits per heavy atom. The van der Waals surface area contributed by atoms with Gasteiger partial charge in [-0.15, -0.1) is 0 Å². The average Bonchev–Trinajstić information content (AvgIpc) is 2.63. The standard InChI is InChI=1S/C12H27B.C11H24S.Na/c1-2-3-4-5-6-7-8-9-10-11-12-13;1-2-3-4-5-6-7-8-9-10-11-12;/h2-13H2,1H3;12H,2-11H2,1H3;/q;;+1/p-1. The summed E-state index contributed by atoms with van der Waals surface area (Å²) in [5.74, 6) is 0.954. The first kappa shape index (κ1) is 32.1. The number of unbranched alkanes of at least 4 members (excludes halogenated alkanes) is 17. The molecule has 0 heterocycles. The Hall–Kier alpha value is 1.41. The maximum absolute atomic E-state index is 4.89.